The summed E-state index contributed by atoms with van der Waals surface area (Å²) in [7, 11) is 0. The van der Waals surface area contributed by atoms with Crippen LogP contribution in [0.2, 0.25) is 0 Å². The van der Waals surface area contributed by atoms with Crippen LogP contribution in [0.15, 0.2) is 35.1 Å². The molecule has 1 N–H and O–H groups in total. The molecule has 0 atom stereocenters. The first kappa shape index (κ1) is 14.7. The van der Waals surface area contributed by atoms with Crippen LogP contribution in [0, 0.1) is 17.8 Å². The van der Waals surface area contributed by atoms with Gasteiger partial charge in [-0.2, -0.15) is 0 Å². The monoisotopic (exact) mass is 247 g/mol. The topological polar surface area (TPSA) is 29.1 Å². The SMILES string of the molecule is CC(C)C1=C/C(=O)N/C=C(C(C)C)/C(C(C)C)=C\1. The molecule has 0 aromatic rings. The fourth-order valence-corrected chi connectivity index (χ4v) is 2.06. The minimum Gasteiger partial charge on any atom is -0.329 e. The van der Waals surface area contributed by atoms with Gasteiger partial charge in [0.1, 0.15) is 0 Å². The molecule has 0 unspecified atom stereocenters. The molecule has 0 aromatic carbocycles. The lowest BCUT2D eigenvalue weighted by atomic mass is 9.85. The van der Waals surface area contributed by atoms with E-state index in [1.807, 2.05) is 6.20 Å². The number of hydrogen-bond donors (Lipinski definition) is 1. The van der Waals surface area contributed by atoms with Crippen LogP contribution in [-0.4, -0.2) is 5.91 Å². The summed E-state index contributed by atoms with van der Waals surface area (Å²) >= 11 is 0. The van der Waals surface area contributed by atoms with Crippen LogP contribution in [0.3, 0.4) is 0 Å². The van der Waals surface area contributed by atoms with E-state index in [1.165, 1.54) is 11.1 Å². The third kappa shape index (κ3) is 3.59. The van der Waals surface area contributed by atoms with E-state index in [0.717, 1.165) is 5.57 Å². The first-order valence-corrected chi connectivity index (χ1v) is 6.77. The van der Waals surface area contributed by atoms with Crippen molar-refractivity contribution in [2.24, 2.45) is 17.8 Å². The smallest absolute Gasteiger partial charge is 0.248 e. The van der Waals surface area contributed by atoms with E-state index in [4.69, 9.17) is 0 Å². The summed E-state index contributed by atoms with van der Waals surface area (Å²) in [5, 5.41) is 2.87. The van der Waals surface area contributed by atoms with E-state index < -0.39 is 0 Å². The van der Waals surface area contributed by atoms with Crippen LogP contribution in [0.25, 0.3) is 0 Å². The van der Waals surface area contributed by atoms with Crippen molar-refractivity contribution >= 4 is 5.91 Å². The molecular formula is C16H25NO. The number of nitrogens with one attached hydrogen (secondary N) is 1. The van der Waals surface area contributed by atoms with E-state index in [9.17, 15) is 4.79 Å². The van der Waals surface area contributed by atoms with E-state index in [0.29, 0.717) is 17.8 Å². The Balaban J connectivity index is 3.32. The highest BCUT2D eigenvalue weighted by molar-refractivity contribution is 5.90. The fourth-order valence-electron chi connectivity index (χ4n) is 2.06. The molecule has 1 heterocycles. The van der Waals surface area contributed by atoms with Gasteiger partial charge in [0.25, 0.3) is 0 Å². The summed E-state index contributed by atoms with van der Waals surface area (Å²) in [4.78, 5) is 11.7. The molecule has 1 aliphatic heterocycles. The third-order valence-electron chi connectivity index (χ3n) is 3.23. The summed E-state index contributed by atoms with van der Waals surface area (Å²) in [6.45, 7) is 13.0. The Morgan fingerprint density at radius 2 is 1.39 bits per heavy atom. The fraction of sp³-hybridized carbons (Fsp3) is 0.562. The second kappa shape index (κ2) is 6.03. The first-order valence-electron chi connectivity index (χ1n) is 6.77. The summed E-state index contributed by atoms with van der Waals surface area (Å²) in [6, 6.07) is 0. The van der Waals surface area contributed by atoms with Crippen LogP contribution in [0.1, 0.15) is 41.5 Å². The third-order valence-corrected chi connectivity index (χ3v) is 3.23. The Kier molecular flexibility index (Phi) is 4.94. The number of rotatable bonds is 3. The Morgan fingerprint density at radius 1 is 0.833 bits per heavy atom. The zero-order valence-corrected chi connectivity index (χ0v) is 12.4. The molecule has 2 nitrogen and oxygen atoms in total. The van der Waals surface area contributed by atoms with E-state index in [1.54, 1.807) is 6.08 Å². The lowest BCUT2D eigenvalue weighted by Crippen LogP contribution is -2.20. The molecule has 0 bridgehead atoms. The zero-order chi connectivity index (χ0) is 13.9. The van der Waals surface area contributed by atoms with Gasteiger partial charge in [-0.05, 0) is 34.5 Å². The van der Waals surface area contributed by atoms with Crippen molar-refractivity contribution in [1.82, 2.24) is 5.32 Å². The lowest BCUT2D eigenvalue weighted by Gasteiger charge is -2.22. The molecule has 0 aromatic heterocycles. The maximum absolute atomic E-state index is 11.7. The van der Waals surface area contributed by atoms with Crippen LogP contribution in [0.5, 0.6) is 0 Å². The highest BCUT2D eigenvalue weighted by Gasteiger charge is 2.17. The Labute approximate surface area is 111 Å². The molecule has 18 heavy (non-hydrogen) atoms. The van der Waals surface area contributed by atoms with Gasteiger partial charge in [-0.25, -0.2) is 0 Å². The molecule has 0 radical (unpaired) electrons. The Hall–Kier alpha value is -1.31. The minimum atomic E-state index is -0.0316. The van der Waals surface area contributed by atoms with E-state index in [2.05, 4.69) is 52.9 Å². The van der Waals surface area contributed by atoms with Gasteiger partial charge in [-0.15, -0.1) is 0 Å². The number of hydrogen-bond acceptors (Lipinski definition) is 1. The van der Waals surface area contributed by atoms with Gasteiger partial charge in [0.05, 0.1) is 0 Å². The van der Waals surface area contributed by atoms with Gasteiger partial charge < -0.3 is 5.32 Å². The van der Waals surface area contributed by atoms with Crippen molar-refractivity contribution in [3.8, 4) is 0 Å². The summed E-state index contributed by atoms with van der Waals surface area (Å²) < 4.78 is 0. The predicted molar refractivity (Wildman–Crippen MR) is 76.9 cm³/mol. The van der Waals surface area contributed by atoms with Crippen molar-refractivity contribution in [2.75, 3.05) is 0 Å². The molecule has 1 rings (SSSR count). The highest BCUT2D eigenvalue weighted by atomic mass is 16.1. The zero-order valence-electron chi connectivity index (χ0n) is 12.4. The van der Waals surface area contributed by atoms with Crippen molar-refractivity contribution in [3.05, 3.63) is 35.1 Å². The largest absolute Gasteiger partial charge is 0.329 e. The number of amides is 1. The molecule has 0 saturated carbocycles. The van der Waals surface area contributed by atoms with Gasteiger partial charge in [0, 0.05) is 12.3 Å². The van der Waals surface area contributed by atoms with Crippen LogP contribution in [-0.2, 0) is 4.79 Å². The molecule has 2 heteroatoms. The highest BCUT2D eigenvalue weighted by Crippen LogP contribution is 2.29. The molecule has 0 saturated heterocycles. The maximum atomic E-state index is 11.7. The van der Waals surface area contributed by atoms with Gasteiger partial charge in [0.15, 0.2) is 0 Å². The molecule has 1 aliphatic rings. The Bertz CT molecular complexity index is 409. The van der Waals surface area contributed by atoms with Gasteiger partial charge in [-0.1, -0.05) is 47.6 Å². The second-order valence-electron chi connectivity index (χ2n) is 5.82. The summed E-state index contributed by atoms with van der Waals surface area (Å²) in [5.74, 6) is 1.19. The van der Waals surface area contributed by atoms with Crippen LogP contribution < -0.4 is 5.32 Å². The number of allylic oxidation sites excluding steroid dienone is 4. The molecule has 100 valence electrons. The minimum absolute atomic E-state index is 0.0316. The second-order valence-corrected chi connectivity index (χ2v) is 5.82. The summed E-state index contributed by atoms with van der Waals surface area (Å²) in [5.41, 5.74) is 3.65. The molecule has 0 aliphatic carbocycles. The van der Waals surface area contributed by atoms with Gasteiger partial charge in [0.2, 0.25) is 5.91 Å². The predicted octanol–water partition coefficient (Wildman–Crippen LogP) is 3.82. The van der Waals surface area contributed by atoms with Gasteiger partial charge >= 0.3 is 0 Å². The number of carbonyl (C=O) groups is 1. The van der Waals surface area contributed by atoms with Crippen molar-refractivity contribution in [3.63, 3.8) is 0 Å². The first-order chi connectivity index (χ1) is 8.32. The van der Waals surface area contributed by atoms with Crippen LogP contribution in [0.4, 0.5) is 0 Å². The average molecular weight is 247 g/mol. The quantitative estimate of drug-likeness (QED) is 0.807. The van der Waals surface area contributed by atoms with E-state index in [-0.39, 0.29) is 5.91 Å². The lowest BCUT2D eigenvalue weighted by molar-refractivity contribution is -0.115. The average Bonchev–Trinajstić information content (AvgIpc) is 2.21. The number of carbonyl (C=O) groups excluding carboxylic acids is 1. The van der Waals surface area contributed by atoms with Gasteiger partial charge in [-0.3, -0.25) is 4.79 Å². The maximum Gasteiger partial charge on any atom is 0.248 e. The molecular weight excluding hydrogens is 222 g/mol. The molecule has 1 amide bonds. The normalized spacial score (nSPS) is 25.8. The van der Waals surface area contributed by atoms with Crippen molar-refractivity contribution < 1.29 is 4.79 Å². The van der Waals surface area contributed by atoms with Crippen molar-refractivity contribution in [2.45, 2.75) is 41.5 Å². The van der Waals surface area contributed by atoms with E-state index >= 15 is 0 Å². The Morgan fingerprint density at radius 3 is 1.83 bits per heavy atom. The van der Waals surface area contributed by atoms with Crippen LogP contribution >= 0.6 is 0 Å². The van der Waals surface area contributed by atoms with Crippen molar-refractivity contribution in [1.29, 1.82) is 0 Å². The standard InChI is InChI=1S/C16H25NO/c1-10(2)13-7-14(11(3)4)15(12(5)6)9-17-16(18)8-13/h7-12H,1-6H3,(H,17,18). The summed E-state index contributed by atoms with van der Waals surface area (Å²) in [6.07, 6.45) is 5.77. The molecule has 0 fully saturated rings. The molecule has 0 spiro atoms.